The van der Waals surface area contributed by atoms with Gasteiger partial charge in [0, 0.05) is 13.3 Å². The fourth-order valence-corrected chi connectivity index (χ4v) is 3.41. The maximum Gasteiger partial charge on any atom is 0.305 e. The third-order valence-corrected chi connectivity index (χ3v) is 5.33. The van der Waals surface area contributed by atoms with Gasteiger partial charge in [-0.2, -0.15) is 0 Å². The molecule has 0 aromatic carbocycles. The summed E-state index contributed by atoms with van der Waals surface area (Å²) in [7, 11) is 0. The number of hydrogen-bond donors (Lipinski definition) is 7. The Kier molecular flexibility index (Phi) is 12.7. The van der Waals surface area contributed by atoms with E-state index < -0.39 is 85.0 Å². The van der Waals surface area contributed by atoms with Crippen molar-refractivity contribution in [2.45, 2.75) is 89.4 Å². The third-order valence-electron chi connectivity index (χ3n) is 5.33. The second-order valence-electron chi connectivity index (χ2n) is 8.25. The number of nitrogens with one attached hydrogen (secondary N) is 3. The molecule has 15 nitrogen and oxygen atoms in total. The largest absolute Gasteiger partial charge is 0.466 e. The monoisotopic (exact) mass is 520 g/mol. The molecule has 0 saturated carbocycles. The van der Waals surface area contributed by atoms with E-state index in [2.05, 4.69) is 16.0 Å². The molecule has 1 saturated heterocycles. The van der Waals surface area contributed by atoms with Gasteiger partial charge in [-0.05, 0) is 27.2 Å². The zero-order chi connectivity index (χ0) is 27.6. The summed E-state index contributed by atoms with van der Waals surface area (Å²) in [6, 6.07) is -3.59. The van der Waals surface area contributed by atoms with E-state index in [9.17, 15) is 39.3 Å². The highest BCUT2D eigenvalue weighted by molar-refractivity contribution is 5.92. The SMILES string of the molecule is CCOC(=O)CC[C@@H](NC(=O)[C@H](C)NC(=O)[C@@H](C)O[C@H]1[C@H](O)[C@@H](CO)O[C@@H](O)[C@@H]1NC(C)=O)C(N)=O. The zero-order valence-corrected chi connectivity index (χ0v) is 20.6. The Hall–Kier alpha value is -2.85. The van der Waals surface area contributed by atoms with Crippen molar-refractivity contribution in [3.8, 4) is 0 Å². The van der Waals surface area contributed by atoms with Crippen molar-refractivity contribution in [3.63, 3.8) is 0 Å². The maximum atomic E-state index is 12.6. The molecule has 0 aromatic heterocycles. The van der Waals surface area contributed by atoms with Crippen LogP contribution in [0.25, 0.3) is 0 Å². The van der Waals surface area contributed by atoms with Crippen molar-refractivity contribution in [2.24, 2.45) is 5.73 Å². The molecule has 1 rings (SSSR count). The smallest absolute Gasteiger partial charge is 0.305 e. The molecule has 1 aliphatic heterocycles. The molecule has 0 bridgehead atoms. The lowest BCUT2D eigenvalue weighted by molar-refractivity contribution is -0.266. The van der Waals surface area contributed by atoms with E-state index in [1.54, 1.807) is 6.92 Å². The molecule has 0 aromatic rings. The summed E-state index contributed by atoms with van der Waals surface area (Å²) in [6.45, 7) is 4.91. The second kappa shape index (κ2) is 14.6. The molecule has 1 fully saturated rings. The minimum absolute atomic E-state index is 0.0966. The van der Waals surface area contributed by atoms with Crippen LogP contribution < -0.4 is 21.7 Å². The van der Waals surface area contributed by atoms with Gasteiger partial charge in [0.25, 0.3) is 0 Å². The normalized spacial score (nSPS) is 26.1. The predicted molar refractivity (Wildman–Crippen MR) is 121 cm³/mol. The number of aliphatic hydroxyl groups excluding tert-OH is 3. The van der Waals surface area contributed by atoms with Gasteiger partial charge in [0.05, 0.1) is 13.2 Å². The van der Waals surface area contributed by atoms with Crippen LogP contribution in [-0.2, 0) is 38.2 Å². The summed E-state index contributed by atoms with van der Waals surface area (Å²) in [5.74, 6) is -3.57. The van der Waals surface area contributed by atoms with E-state index in [1.807, 2.05) is 0 Å². The minimum atomic E-state index is -1.64. The number of primary amides is 1. The molecule has 0 aliphatic carbocycles. The summed E-state index contributed by atoms with van der Waals surface area (Å²) in [4.78, 5) is 59.7. The quantitative estimate of drug-likeness (QED) is 0.116. The Morgan fingerprint density at radius 3 is 2.25 bits per heavy atom. The van der Waals surface area contributed by atoms with Crippen LogP contribution in [-0.4, -0.2) is 107 Å². The van der Waals surface area contributed by atoms with Gasteiger partial charge in [0.1, 0.15) is 42.5 Å². The Labute approximate surface area is 208 Å². The number of rotatable bonds is 13. The molecular formula is C21H36N4O11. The van der Waals surface area contributed by atoms with Crippen molar-refractivity contribution < 1.29 is 53.5 Å². The number of nitrogens with two attached hydrogens (primary N) is 1. The molecule has 4 amide bonds. The number of aliphatic hydroxyl groups is 3. The fourth-order valence-electron chi connectivity index (χ4n) is 3.41. The summed E-state index contributed by atoms with van der Waals surface area (Å²) >= 11 is 0. The van der Waals surface area contributed by atoms with Gasteiger partial charge in [-0.3, -0.25) is 24.0 Å². The average molecular weight is 521 g/mol. The first kappa shape index (κ1) is 31.2. The Bertz CT molecular complexity index is 796. The number of carbonyl (C=O) groups excluding carboxylic acids is 5. The zero-order valence-electron chi connectivity index (χ0n) is 20.6. The standard InChI is InChI=1S/C21H36N4O11/c1-5-34-14(28)7-6-12(18(22)30)25-19(31)9(2)23-20(32)10(3)35-17-15(24-11(4)27)21(33)36-13(8-26)16(17)29/h9-10,12-13,15-17,21,26,29,33H,5-8H2,1-4H3,(H2,22,30)(H,23,32)(H,24,27)(H,25,31)/t9-,10+,12+,13+,15+,16+,17+,21+/m0/s1. The van der Waals surface area contributed by atoms with E-state index in [4.69, 9.17) is 19.9 Å². The summed E-state index contributed by atoms with van der Waals surface area (Å²) in [5, 5.41) is 37.1. The van der Waals surface area contributed by atoms with Crippen molar-refractivity contribution in [3.05, 3.63) is 0 Å². The first-order valence-corrected chi connectivity index (χ1v) is 11.4. The molecule has 8 N–H and O–H groups in total. The van der Waals surface area contributed by atoms with Crippen LogP contribution in [0.1, 0.15) is 40.5 Å². The second-order valence-corrected chi connectivity index (χ2v) is 8.25. The lowest BCUT2D eigenvalue weighted by Gasteiger charge is -2.43. The summed E-state index contributed by atoms with van der Waals surface area (Å²) in [6.07, 6.45) is -7.28. The van der Waals surface area contributed by atoms with Gasteiger partial charge in [0.15, 0.2) is 6.29 Å². The average Bonchev–Trinajstić information content (AvgIpc) is 2.80. The van der Waals surface area contributed by atoms with Crippen molar-refractivity contribution in [1.29, 1.82) is 0 Å². The molecular weight excluding hydrogens is 484 g/mol. The summed E-state index contributed by atoms with van der Waals surface area (Å²) in [5.41, 5.74) is 5.28. The summed E-state index contributed by atoms with van der Waals surface area (Å²) < 4.78 is 15.4. The van der Waals surface area contributed by atoms with Gasteiger partial charge in [-0.25, -0.2) is 0 Å². The molecule has 206 valence electrons. The van der Waals surface area contributed by atoms with Crippen LogP contribution in [0.5, 0.6) is 0 Å². The first-order valence-electron chi connectivity index (χ1n) is 11.4. The van der Waals surface area contributed by atoms with E-state index in [-0.39, 0.29) is 19.4 Å². The Morgan fingerprint density at radius 2 is 1.72 bits per heavy atom. The highest BCUT2D eigenvalue weighted by Crippen LogP contribution is 2.23. The van der Waals surface area contributed by atoms with E-state index >= 15 is 0 Å². The van der Waals surface area contributed by atoms with E-state index in [0.717, 1.165) is 6.92 Å². The molecule has 1 heterocycles. The number of ether oxygens (including phenoxy) is 3. The molecule has 0 radical (unpaired) electrons. The third kappa shape index (κ3) is 9.31. The molecule has 1 aliphatic rings. The molecule has 15 heteroatoms. The van der Waals surface area contributed by atoms with E-state index in [1.165, 1.54) is 13.8 Å². The Morgan fingerprint density at radius 1 is 1.08 bits per heavy atom. The van der Waals surface area contributed by atoms with Crippen LogP contribution >= 0.6 is 0 Å². The van der Waals surface area contributed by atoms with Gasteiger partial charge in [-0.15, -0.1) is 0 Å². The van der Waals surface area contributed by atoms with Crippen molar-refractivity contribution >= 4 is 29.6 Å². The Balaban J connectivity index is 2.78. The number of hydrogen-bond acceptors (Lipinski definition) is 11. The lowest BCUT2D eigenvalue weighted by atomic mass is 9.96. The van der Waals surface area contributed by atoms with Crippen LogP contribution in [0.3, 0.4) is 0 Å². The number of esters is 1. The number of carbonyl (C=O) groups is 5. The molecule has 8 atom stereocenters. The predicted octanol–water partition coefficient (Wildman–Crippen LogP) is -3.85. The van der Waals surface area contributed by atoms with Crippen molar-refractivity contribution in [2.75, 3.05) is 13.2 Å². The van der Waals surface area contributed by atoms with Crippen LogP contribution in [0.4, 0.5) is 0 Å². The highest BCUT2D eigenvalue weighted by atomic mass is 16.6. The van der Waals surface area contributed by atoms with Gasteiger partial charge >= 0.3 is 5.97 Å². The molecule has 0 unspecified atom stereocenters. The van der Waals surface area contributed by atoms with E-state index in [0.29, 0.717) is 0 Å². The topological polar surface area (TPSA) is 236 Å². The van der Waals surface area contributed by atoms with Gasteiger partial charge in [-0.1, -0.05) is 0 Å². The lowest BCUT2D eigenvalue weighted by Crippen LogP contribution is -2.65. The maximum absolute atomic E-state index is 12.6. The molecule has 0 spiro atoms. The first-order chi connectivity index (χ1) is 16.8. The number of amides is 4. The van der Waals surface area contributed by atoms with Crippen LogP contribution in [0, 0.1) is 0 Å². The van der Waals surface area contributed by atoms with Crippen LogP contribution in [0.15, 0.2) is 0 Å². The van der Waals surface area contributed by atoms with Gasteiger partial charge in [0.2, 0.25) is 23.6 Å². The molecule has 36 heavy (non-hydrogen) atoms. The highest BCUT2D eigenvalue weighted by Gasteiger charge is 2.47. The van der Waals surface area contributed by atoms with Crippen LogP contribution in [0.2, 0.25) is 0 Å². The fraction of sp³-hybridized carbons (Fsp3) is 0.762. The van der Waals surface area contributed by atoms with Crippen molar-refractivity contribution in [1.82, 2.24) is 16.0 Å². The van der Waals surface area contributed by atoms with Gasteiger partial charge < -0.3 is 51.2 Å². The minimum Gasteiger partial charge on any atom is -0.466 e.